The highest BCUT2D eigenvalue weighted by molar-refractivity contribution is 5.67. The molecule has 0 aliphatic heterocycles. The number of nitrogens with one attached hydrogen (secondary N) is 3. The average Bonchev–Trinajstić information content (AvgIpc) is 2.13. The van der Waals surface area contributed by atoms with E-state index in [1.165, 1.54) is 0 Å². The van der Waals surface area contributed by atoms with Crippen molar-refractivity contribution >= 4 is 11.2 Å². The predicted octanol–water partition coefficient (Wildman–Crippen LogP) is -0.681. The Morgan fingerprint density at radius 1 is 0.941 bits per heavy atom. The van der Waals surface area contributed by atoms with Gasteiger partial charge in [0.1, 0.15) is 5.65 Å². The number of alkyl halides is 3. The van der Waals surface area contributed by atoms with Crippen LogP contribution in [-0.4, -0.2) is 19.9 Å². The molecular formula is C7H3F3N4O3. The zero-order valence-electron chi connectivity index (χ0n) is 7.81. The summed E-state index contributed by atoms with van der Waals surface area (Å²) in [6, 6.07) is 0. The van der Waals surface area contributed by atoms with Gasteiger partial charge >= 0.3 is 11.9 Å². The van der Waals surface area contributed by atoms with Crippen molar-refractivity contribution in [3.05, 3.63) is 36.9 Å². The highest BCUT2D eigenvalue weighted by Crippen LogP contribution is 2.24. The summed E-state index contributed by atoms with van der Waals surface area (Å²) in [6.07, 6.45) is -4.98. The van der Waals surface area contributed by atoms with Crippen molar-refractivity contribution in [3.8, 4) is 0 Å². The number of nitrogens with zero attached hydrogens (tertiary/aromatic N) is 1. The van der Waals surface area contributed by atoms with Crippen LogP contribution in [0.4, 0.5) is 13.2 Å². The van der Waals surface area contributed by atoms with Gasteiger partial charge in [-0.1, -0.05) is 0 Å². The van der Waals surface area contributed by atoms with Gasteiger partial charge in [-0.15, -0.1) is 0 Å². The maximum absolute atomic E-state index is 12.3. The van der Waals surface area contributed by atoms with Gasteiger partial charge in [0.15, 0.2) is 5.52 Å². The molecule has 2 rings (SSSR count). The molecule has 0 saturated heterocycles. The van der Waals surface area contributed by atoms with Gasteiger partial charge in [0.2, 0.25) is 5.69 Å². The summed E-state index contributed by atoms with van der Waals surface area (Å²) in [5, 5.41) is 0. The van der Waals surface area contributed by atoms with Crippen LogP contribution >= 0.6 is 0 Å². The lowest BCUT2D eigenvalue weighted by Crippen LogP contribution is -2.29. The first-order valence-corrected chi connectivity index (χ1v) is 4.13. The maximum atomic E-state index is 12.3. The smallest absolute Gasteiger partial charge is 0.305 e. The molecule has 0 aliphatic rings. The minimum Gasteiger partial charge on any atom is -0.305 e. The maximum Gasteiger partial charge on any atom is 0.438 e. The average molecular weight is 248 g/mol. The second-order valence-electron chi connectivity index (χ2n) is 3.04. The summed E-state index contributed by atoms with van der Waals surface area (Å²) >= 11 is 0. The molecule has 0 aliphatic carbocycles. The first-order valence-electron chi connectivity index (χ1n) is 4.13. The third-order valence-electron chi connectivity index (χ3n) is 1.86. The van der Waals surface area contributed by atoms with Crippen LogP contribution in [0.3, 0.4) is 0 Å². The molecule has 0 radical (unpaired) electrons. The lowest BCUT2D eigenvalue weighted by Gasteiger charge is -2.04. The monoisotopic (exact) mass is 248 g/mol. The molecule has 2 aromatic rings. The van der Waals surface area contributed by atoms with Crippen LogP contribution in [0.1, 0.15) is 5.69 Å². The first kappa shape index (κ1) is 11.1. The summed E-state index contributed by atoms with van der Waals surface area (Å²) in [4.78, 5) is 41.3. The Balaban J connectivity index is 2.96. The number of H-pyrrole nitrogens is 3. The molecule has 0 amide bonds. The minimum absolute atomic E-state index is 0.461. The molecular weight excluding hydrogens is 245 g/mol. The van der Waals surface area contributed by atoms with Crippen LogP contribution in [-0.2, 0) is 6.18 Å². The van der Waals surface area contributed by atoms with Crippen LogP contribution in [0.15, 0.2) is 14.4 Å². The lowest BCUT2D eigenvalue weighted by atomic mass is 10.4. The molecule has 0 unspecified atom stereocenters. The largest absolute Gasteiger partial charge is 0.438 e. The molecule has 0 fully saturated rings. The van der Waals surface area contributed by atoms with E-state index in [2.05, 4.69) is 4.98 Å². The van der Waals surface area contributed by atoms with Gasteiger partial charge in [-0.3, -0.25) is 19.6 Å². The Hall–Kier alpha value is -2.39. The Kier molecular flexibility index (Phi) is 2.16. The number of fused-ring (bicyclic) bond motifs is 1. The van der Waals surface area contributed by atoms with E-state index in [0.29, 0.717) is 0 Å². The molecule has 7 nitrogen and oxygen atoms in total. The van der Waals surface area contributed by atoms with E-state index in [1.807, 2.05) is 4.98 Å². The van der Waals surface area contributed by atoms with Gasteiger partial charge in [0.25, 0.3) is 11.1 Å². The van der Waals surface area contributed by atoms with E-state index in [-0.39, 0.29) is 0 Å². The Morgan fingerprint density at radius 3 is 2.18 bits per heavy atom. The van der Waals surface area contributed by atoms with E-state index in [0.717, 1.165) is 0 Å². The summed E-state index contributed by atoms with van der Waals surface area (Å²) < 4.78 is 37.0. The second kappa shape index (κ2) is 3.30. The van der Waals surface area contributed by atoms with Gasteiger partial charge in [0, 0.05) is 0 Å². The van der Waals surface area contributed by atoms with Crippen LogP contribution in [0.5, 0.6) is 0 Å². The molecule has 2 heterocycles. The summed E-state index contributed by atoms with van der Waals surface area (Å²) in [6.45, 7) is 0. The molecule has 2 aromatic heterocycles. The molecule has 0 saturated carbocycles. The van der Waals surface area contributed by atoms with Gasteiger partial charge < -0.3 is 4.98 Å². The van der Waals surface area contributed by atoms with Crippen LogP contribution < -0.4 is 16.8 Å². The Labute approximate surface area is 88.3 Å². The van der Waals surface area contributed by atoms with E-state index in [4.69, 9.17) is 0 Å². The zero-order chi connectivity index (χ0) is 12.8. The molecule has 0 aromatic carbocycles. The van der Waals surface area contributed by atoms with Crippen LogP contribution in [0, 0.1) is 0 Å². The third kappa shape index (κ3) is 1.84. The van der Waals surface area contributed by atoms with Crippen molar-refractivity contribution in [3.63, 3.8) is 0 Å². The number of halogens is 3. The van der Waals surface area contributed by atoms with Gasteiger partial charge in [-0.25, -0.2) is 9.78 Å². The fourth-order valence-corrected chi connectivity index (χ4v) is 1.20. The first-order chi connectivity index (χ1) is 7.79. The molecule has 0 bridgehead atoms. The number of hydrogen-bond acceptors (Lipinski definition) is 4. The van der Waals surface area contributed by atoms with Gasteiger partial charge in [-0.05, 0) is 0 Å². The predicted molar refractivity (Wildman–Crippen MR) is 48.6 cm³/mol. The fourth-order valence-electron chi connectivity index (χ4n) is 1.20. The highest BCUT2D eigenvalue weighted by Gasteiger charge is 2.36. The van der Waals surface area contributed by atoms with Gasteiger partial charge in [0.05, 0.1) is 0 Å². The minimum atomic E-state index is -4.98. The Morgan fingerprint density at radius 2 is 1.59 bits per heavy atom. The SMILES string of the molecule is O=c1[nH]c(=O)c2nc(C(F)(F)F)c(=O)[nH]c2[nH]1. The second-order valence-corrected chi connectivity index (χ2v) is 3.04. The zero-order valence-corrected chi connectivity index (χ0v) is 7.81. The highest BCUT2D eigenvalue weighted by atomic mass is 19.4. The van der Waals surface area contributed by atoms with E-state index in [9.17, 15) is 27.6 Å². The number of rotatable bonds is 0. The van der Waals surface area contributed by atoms with Crippen LogP contribution in [0.25, 0.3) is 11.2 Å². The van der Waals surface area contributed by atoms with Gasteiger partial charge in [-0.2, -0.15) is 13.2 Å². The van der Waals surface area contributed by atoms with E-state index >= 15 is 0 Å². The van der Waals surface area contributed by atoms with E-state index in [1.54, 1.807) is 9.97 Å². The van der Waals surface area contributed by atoms with Crippen molar-refractivity contribution in [2.45, 2.75) is 6.18 Å². The quantitative estimate of drug-likeness (QED) is 0.573. The van der Waals surface area contributed by atoms with Crippen molar-refractivity contribution in [1.82, 2.24) is 19.9 Å². The topological polar surface area (TPSA) is 111 Å². The molecule has 90 valence electrons. The summed E-state index contributed by atoms with van der Waals surface area (Å²) in [5.74, 6) is 0. The molecule has 17 heavy (non-hydrogen) atoms. The van der Waals surface area contributed by atoms with Crippen LogP contribution in [0.2, 0.25) is 0 Å². The van der Waals surface area contributed by atoms with Crippen molar-refractivity contribution in [1.29, 1.82) is 0 Å². The normalized spacial score (nSPS) is 11.9. The van der Waals surface area contributed by atoms with Crippen molar-refractivity contribution in [2.75, 3.05) is 0 Å². The Bertz CT molecular complexity index is 754. The molecule has 0 spiro atoms. The lowest BCUT2D eigenvalue weighted by molar-refractivity contribution is -0.142. The third-order valence-corrected chi connectivity index (χ3v) is 1.86. The molecule has 10 heteroatoms. The standard InChI is InChI=1S/C7H3F3N4O3/c8-7(9,10)2-5(16)12-3-1(11-2)4(15)14-6(17)13-3/h(H3,12,13,14,15,16,17). The number of aromatic amines is 3. The molecule has 3 N–H and O–H groups in total. The van der Waals surface area contributed by atoms with Crippen molar-refractivity contribution < 1.29 is 13.2 Å². The van der Waals surface area contributed by atoms with E-state index < -0.39 is 39.8 Å². The number of aromatic nitrogens is 4. The number of hydrogen-bond donors (Lipinski definition) is 3. The fraction of sp³-hybridized carbons (Fsp3) is 0.143. The van der Waals surface area contributed by atoms with Crippen molar-refractivity contribution in [2.24, 2.45) is 0 Å². The summed E-state index contributed by atoms with van der Waals surface area (Å²) in [5.41, 5.74) is -6.52. The molecule has 0 atom stereocenters. The summed E-state index contributed by atoms with van der Waals surface area (Å²) in [7, 11) is 0.